The number of amides is 1. The van der Waals surface area contributed by atoms with Gasteiger partial charge in [0.05, 0.1) is 0 Å². The summed E-state index contributed by atoms with van der Waals surface area (Å²) in [4.78, 5) is 15.1. The first kappa shape index (κ1) is 10.7. The zero-order valence-corrected chi connectivity index (χ0v) is 8.54. The van der Waals surface area contributed by atoms with Crippen molar-refractivity contribution in [2.24, 2.45) is 0 Å². The molecule has 0 aliphatic rings. The van der Waals surface area contributed by atoms with E-state index in [0.29, 0.717) is 18.7 Å². The summed E-state index contributed by atoms with van der Waals surface area (Å²) in [5.41, 5.74) is 0. The van der Waals surface area contributed by atoms with Gasteiger partial charge in [-0.15, -0.1) is 0 Å². The smallest absolute Gasteiger partial charge is 0.227 e. The number of carbonyl (C=O) groups excluding carboxylic acids is 1. The predicted molar refractivity (Wildman–Crippen MR) is 50.7 cm³/mol. The van der Waals surface area contributed by atoms with E-state index in [2.05, 4.69) is 22.4 Å². The minimum absolute atomic E-state index is 0.0137. The molecule has 0 aliphatic heterocycles. The number of nitrogens with zero attached hydrogens (tertiary/aromatic N) is 2. The standard InChI is InChI=1S/C9H15N3O2/c1-3-4-7-11-9(14-12-7)6-5-8(13)10-2/h3-6H2,1-2H3,(H,10,13). The van der Waals surface area contributed by atoms with Gasteiger partial charge in [0.15, 0.2) is 5.82 Å². The number of hydrogen-bond donors (Lipinski definition) is 1. The molecule has 5 heteroatoms. The Morgan fingerprint density at radius 3 is 2.93 bits per heavy atom. The zero-order chi connectivity index (χ0) is 10.4. The van der Waals surface area contributed by atoms with E-state index >= 15 is 0 Å². The third-order valence-electron chi connectivity index (χ3n) is 1.83. The van der Waals surface area contributed by atoms with Crippen LogP contribution in [0.25, 0.3) is 0 Å². The monoisotopic (exact) mass is 197 g/mol. The van der Waals surface area contributed by atoms with Crippen molar-refractivity contribution in [2.45, 2.75) is 32.6 Å². The van der Waals surface area contributed by atoms with Crippen LogP contribution in [0.4, 0.5) is 0 Å². The van der Waals surface area contributed by atoms with E-state index in [1.54, 1.807) is 7.05 Å². The van der Waals surface area contributed by atoms with Gasteiger partial charge < -0.3 is 9.84 Å². The number of rotatable bonds is 5. The number of aromatic nitrogens is 2. The van der Waals surface area contributed by atoms with Gasteiger partial charge in [-0.05, 0) is 6.42 Å². The highest BCUT2D eigenvalue weighted by molar-refractivity contribution is 5.75. The van der Waals surface area contributed by atoms with Gasteiger partial charge in [0.1, 0.15) is 0 Å². The average molecular weight is 197 g/mol. The van der Waals surface area contributed by atoms with Gasteiger partial charge in [0.25, 0.3) is 0 Å². The molecule has 1 aromatic rings. The summed E-state index contributed by atoms with van der Waals surface area (Å²) in [6, 6.07) is 0. The lowest BCUT2D eigenvalue weighted by atomic mass is 10.3. The molecule has 0 saturated carbocycles. The molecule has 1 amide bonds. The largest absolute Gasteiger partial charge is 0.359 e. The number of aryl methyl sites for hydroxylation is 2. The quantitative estimate of drug-likeness (QED) is 0.754. The van der Waals surface area contributed by atoms with Crippen molar-refractivity contribution in [1.29, 1.82) is 0 Å². The summed E-state index contributed by atoms with van der Waals surface area (Å²) in [6.07, 6.45) is 2.72. The van der Waals surface area contributed by atoms with Crippen LogP contribution in [-0.2, 0) is 17.6 Å². The van der Waals surface area contributed by atoms with Crippen LogP contribution in [0.1, 0.15) is 31.5 Å². The molecule has 0 atom stereocenters. The number of nitrogens with one attached hydrogen (secondary N) is 1. The maximum Gasteiger partial charge on any atom is 0.227 e. The second kappa shape index (κ2) is 5.36. The Kier molecular flexibility index (Phi) is 4.10. The van der Waals surface area contributed by atoms with E-state index in [1.807, 2.05) is 0 Å². The van der Waals surface area contributed by atoms with Crippen LogP contribution in [0, 0.1) is 0 Å². The molecule has 0 fully saturated rings. The molecule has 0 aliphatic carbocycles. The van der Waals surface area contributed by atoms with E-state index < -0.39 is 0 Å². The Balaban J connectivity index is 2.39. The highest BCUT2D eigenvalue weighted by Crippen LogP contribution is 2.02. The van der Waals surface area contributed by atoms with E-state index in [-0.39, 0.29) is 5.91 Å². The Morgan fingerprint density at radius 2 is 2.29 bits per heavy atom. The highest BCUT2D eigenvalue weighted by Gasteiger charge is 2.07. The van der Waals surface area contributed by atoms with E-state index in [4.69, 9.17) is 4.52 Å². The van der Waals surface area contributed by atoms with E-state index in [0.717, 1.165) is 18.7 Å². The fraction of sp³-hybridized carbons (Fsp3) is 0.667. The SMILES string of the molecule is CCCc1noc(CCC(=O)NC)n1. The summed E-state index contributed by atoms with van der Waals surface area (Å²) in [6.45, 7) is 2.06. The maximum absolute atomic E-state index is 10.9. The zero-order valence-electron chi connectivity index (χ0n) is 8.54. The van der Waals surface area contributed by atoms with Crippen molar-refractivity contribution in [3.63, 3.8) is 0 Å². The third kappa shape index (κ3) is 3.16. The van der Waals surface area contributed by atoms with Crippen LogP contribution >= 0.6 is 0 Å². The molecule has 0 unspecified atom stereocenters. The topological polar surface area (TPSA) is 68.0 Å². The summed E-state index contributed by atoms with van der Waals surface area (Å²) in [5.74, 6) is 1.25. The van der Waals surface area contributed by atoms with Crippen LogP contribution in [0.3, 0.4) is 0 Å². The van der Waals surface area contributed by atoms with Crippen LogP contribution < -0.4 is 5.32 Å². The highest BCUT2D eigenvalue weighted by atomic mass is 16.5. The normalized spacial score (nSPS) is 10.1. The summed E-state index contributed by atoms with van der Waals surface area (Å²) in [7, 11) is 1.61. The fourth-order valence-corrected chi connectivity index (χ4v) is 1.06. The first-order valence-electron chi connectivity index (χ1n) is 4.78. The lowest BCUT2D eigenvalue weighted by Gasteiger charge is -1.94. The van der Waals surface area contributed by atoms with Crippen molar-refractivity contribution in [3.8, 4) is 0 Å². The second-order valence-electron chi connectivity index (χ2n) is 3.03. The minimum atomic E-state index is -0.0137. The van der Waals surface area contributed by atoms with Crippen LogP contribution in [0.2, 0.25) is 0 Å². The Bertz CT molecular complexity index is 296. The van der Waals surface area contributed by atoms with Gasteiger partial charge in [-0.1, -0.05) is 12.1 Å². The molecular weight excluding hydrogens is 182 g/mol. The van der Waals surface area contributed by atoms with Crippen molar-refractivity contribution in [2.75, 3.05) is 7.05 Å². The number of hydrogen-bond acceptors (Lipinski definition) is 4. The molecule has 1 heterocycles. The second-order valence-corrected chi connectivity index (χ2v) is 3.03. The van der Waals surface area contributed by atoms with Gasteiger partial charge >= 0.3 is 0 Å². The van der Waals surface area contributed by atoms with E-state index in [9.17, 15) is 4.79 Å². The summed E-state index contributed by atoms with van der Waals surface area (Å²) < 4.78 is 4.97. The van der Waals surface area contributed by atoms with Crippen LogP contribution in [-0.4, -0.2) is 23.1 Å². The molecule has 14 heavy (non-hydrogen) atoms. The molecule has 0 aromatic carbocycles. The lowest BCUT2D eigenvalue weighted by Crippen LogP contribution is -2.17. The summed E-state index contributed by atoms with van der Waals surface area (Å²) in [5, 5.41) is 6.33. The Hall–Kier alpha value is -1.39. The van der Waals surface area contributed by atoms with Crippen molar-refractivity contribution in [1.82, 2.24) is 15.5 Å². The van der Waals surface area contributed by atoms with Gasteiger partial charge in [-0.3, -0.25) is 4.79 Å². The summed E-state index contributed by atoms with van der Waals surface area (Å²) >= 11 is 0. The van der Waals surface area contributed by atoms with E-state index in [1.165, 1.54) is 0 Å². The van der Waals surface area contributed by atoms with Gasteiger partial charge in [0.2, 0.25) is 11.8 Å². The number of carbonyl (C=O) groups is 1. The molecule has 1 rings (SSSR count). The van der Waals surface area contributed by atoms with Crippen LogP contribution in [0.15, 0.2) is 4.52 Å². The molecular formula is C9H15N3O2. The van der Waals surface area contributed by atoms with Gasteiger partial charge in [0, 0.05) is 26.3 Å². The van der Waals surface area contributed by atoms with Crippen LogP contribution in [0.5, 0.6) is 0 Å². The molecule has 1 aromatic heterocycles. The van der Waals surface area contributed by atoms with Gasteiger partial charge in [-0.25, -0.2) is 0 Å². The lowest BCUT2D eigenvalue weighted by molar-refractivity contribution is -0.120. The molecule has 1 N–H and O–H groups in total. The predicted octanol–water partition coefficient (Wildman–Crippen LogP) is 0.701. The van der Waals surface area contributed by atoms with Crippen molar-refractivity contribution < 1.29 is 9.32 Å². The molecule has 0 bridgehead atoms. The molecule has 0 saturated heterocycles. The van der Waals surface area contributed by atoms with Gasteiger partial charge in [-0.2, -0.15) is 4.98 Å². The molecule has 0 spiro atoms. The van der Waals surface area contributed by atoms with Crippen molar-refractivity contribution in [3.05, 3.63) is 11.7 Å². The first-order valence-corrected chi connectivity index (χ1v) is 4.78. The maximum atomic E-state index is 10.9. The molecule has 78 valence electrons. The molecule has 0 radical (unpaired) electrons. The average Bonchev–Trinajstić information content (AvgIpc) is 2.63. The fourth-order valence-electron chi connectivity index (χ4n) is 1.06. The Morgan fingerprint density at radius 1 is 1.50 bits per heavy atom. The Labute approximate surface area is 82.9 Å². The minimum Gasteiger partial charge on any atom is -0.359 e. The van der Waals surface area contributed by atoms with Crippen molar-refractivity contribution >= 4 is 5.91 Å². The first-order chi connectivity index (χ1) is 6.76. The third-order valence-corrected chi connectivity index (χ3v) is 1.83. The molecule has 5 nitrogen and oxygen atoms in total.